The van der Waals surface area contributed by atoms with Crippen molar-refractivity contribution < 1.29 is 4.79 Å². The molecule has 0 saturated carbocycles. The molecule has 1 amide bonds. The summed E-state index contributed by atoms with van der Waals surface area (Å²) in [4.78, 5) is 15.2. The minimum Gasteiger partial charge on any atom is -0.399 e. The quantitative estimate of drug-likeness (QED) is 0.472. The summed E-state index contributed by atoms with van der Waals surface area (Å²) in [6.45, 7) is 0.774. The van der Waals surface area contributed by atoms with E-state index in [1.54, 1.807) is 6.26 Å². The maximum Gasteiger partial charge on any atom is 0.271 e. The van der Waals surface area contributed by atoms with Gasteiger partial charge in [0.1, 0.15) is 5.69 Å². The van der Waals surface area contributed by atoms with Crippen LogP contribution < -0.4 is 5.73 Å². The summed E-state index contributed by atoms with van der Waals surface area (Å²) < 4.78 is 1.93. The van der Waals surface area contributed by atoms with Gasteiger partial charge in [-0.2, -0.15) is 12.6 Å². The highest BCUT2D eigenvalue weighted by Gasteiger charge is 2.32. The molecule has 2 aromatic carbocycles. The lowest BCUT2D eigenvalue weighted by molar-refractivity contribution is 0.0726. The van der Waals surface area contributed by atoms with Gasteiger partial charge in [-0.3, -0.25) is 4.79 Å². The molecular weight excluding hydrogens is 378 g/mol. The lowest BCUT2D eigenvalue weighted by atomic mass is 10.0. The molecular formula is C21H24ClN3OS. The van der Waals surface area contributed by atoms with E-state index in [0.717, 1.165) is 41.5 Å². The Morgan fingerprint density at radius 2 is 1.85 bits per heavy atom. The number of nitrogens with two attached hydrogens (primary N) is 1. The van der Waals surface area contributed by atoms with Crippen LogP contribution >= 0.6 is 24.2 Å². The van der Waals surface area contributed by atoms with Gasteiger partial charge in [-0.25, -0.2) is 0 Å². The lowest BCUT2D eigenvalue weighted by Crippen LogP contribution is -2.31. The predicted molar refractivity (Wildman–Crippen MR) is 117 cm³/mol. The monoisotopic (exact) mass is 401 g/mol. The Labute approximate surface area is 170 Å². The molecule has 0 radical (unpaired) electrons. The highest BCUT2D eigenvalue weighted by molar-refractivity contribution is 7.79. The van der Waals surface area contributed by atoms with Crippen LogP contribution in [0, 0.1) is 0 Å². The number of carbonyl (C=O) groups is 1. The van der Waals surface area contributed by atoms with Crippen molar-refractivity contribution in [2.24, 2.45) is 7.05 Å². The van der Waals surface area contributed by atoms with Gasteiger partial charge < -0.3 is 15.2 Å². The van der Waals surface area contributed by atoms with Crippen LogP contribution in [-0.2, 0) is 7.05 Å². The average Bonchev–Trinajstić information content (AvgIpc) is 3.29. The molecule has 4 rings (SSSR count). The molecule has 4 nitrogen and oxygen atoms in total. The second-order valence-corrected chi connectivity index (χ2v) is 7.05. The van der Waals surface area contributed by atoms with E-state index in [4.69, 9.17) is 17.3 Å². The van der Waals surface area contributed by atoms with E-state index >= 15 is 0 Å². The minimum atomic E-state index is 0.0640. The fourth-order valence-electron chi connectivity index (χ4n) is 3.73. The molecule has 3 aromatic rings. The normalized spacial score (nSPS) is 16.3. The summed E-state index contributed by atoms with van der Waals surface area (Å²) in [5.41, 5.74) is 9.34. The first kappa shape index (κ1) is 19.6. The zero-order valence-corrected chi connectivity index (χ0v) is 17.2. The fraction of sp³-hybridized carbons (Fsp3) is 0.286. The number of fused-ring (bicyclic) bond motifs is 1. The Morgan fingerprint density at radius 1 is 1.15 bits per heavy atom. The van der Waals surface area contributed by atoms with Crippen molar-refractivity contribution in [2.75, 3.05) is 18.5 Å². The van der Waals surface area contributed by atoms with Crippen LogP contribution in [0.25, 0.3) is 10.9 Å². The molecule has 6 heteroatoms. The number of aromatic nitrogens is 1. The lowest BCUT2D eigenvalue weighted by Gasteiger charge is -2.25. The smallest absolute Gasteiger partial charge is 0.271 e. The van der Waals surface area contributed by atoms with Crippen molar-refractivity contribution in [1.29, 1.82) is 0 Å². The fourth-order valence-corrected chi connectivity index (χ4v) is 3.90. The average molecular weight is 402 g/mol. The number of nitrogens with zero attached hydrogens (tertiary/aromatic N) is 2. The molecule has 27 heavy (non-hydrogen) atoms. The molecule has 1 unspecified atom stereocenters. The zero-order chi connectivity index (χ0) is 19.6. The van der Waals surface area contributed by atoms with Crippen LogP contribution in [0.15, 0.2) is 48.5 Å². The van der Waals surface area contributed by atoms with Gasteiger partial charge in [0, 0.05) is 35.2 Å². The van der Waals surface area contributed by atoms with Gasteiger partial charge in [-0.15, -0.1) is 0 Å². The molecule has 1 atom stereocenters. The second kappa shape index (κ2) is 8.28. The number of benzene rings is 2. The van der Waals surface area contributed by atoms with Crippen molar-refractivity contribution in [3.63, 3.8) is 0 Å². The third-order valence-corrected chi connectivity index (χ3v) is 5.30. The molecule has 1 aromatic heterocycles. The second-order valence-electron chi connectivity index (χ2n) is 6.61. The number of thiol groups is 1. The molecule has 0 bridgehead atoms. The van der Waals surface area contributed by atoms with E-state index in [2.05, 4.69) is 12.6 Å². The van der Waals surface area contributed by atoms with Gasteiger partial charge in [0.2, 0.25) is 0 Å². The molecule has 1 aliphatic heterocycles. The van der Waals surface area contributed by atoms with Gasteiger partial charge >= 0.3 is 0 Å². The number of anilines is 1. The first-order chi connectivity index (χ1) is 13.0. The van der Waals surface area contributed by atoms with E-state index in [1.165, 1.54) is 0 Å². The topological polar surface area (TPSA) is 51.3 Å². The van der Waals surface area contributed by atoms with E-state index in [-0.39, 0.29) is 11.9 Å². The summed E-state index contributed by atoms with van der Waals surface area (Å²) in [5, 5.41) is 1.70. The van der Waals surface area contributed by atoms with E-state index in [0.29, 0.717) is 10.7 Å². The highest BCUT2D eigenvalue weighted by atomic mass is 35.5. The summed E-state index contributed by atoms with van der Waals surface area (Å²) in [5.74, 6) is 0.0640. The highest BCUT2D eigenvalue weighted by Crippen LogP contribution is 2.34. The van der Waals surface area contributed by atoms with Gasteiger partial charge in [0.05, 0.1) is 6.04 Å². The third-order valence-electron chi connectivity index (χ3n) is 5.06. The number of halogens is 1. The Balaban J connectivity index is 0.00000102. The first-order valence-corrected chi connectivity index (χ1v) is 10.2. The van der Waals surface area contributed by atoms with Crippen molar-refractivity contribution in [3.8, 4) is 0 Å². The molecule has 2 heterocycles. The van der Waals surface area contributed by atoms with Crippen LogP contribution in [0.1, 0.15) is 34.9 Å². The number of likely N-dealkylation sites (tertiary alicyclic amines) is 1. The van der Waals surface area contributed by atoms with Gasteiger partial charge in [0.15, 0.2) is 0 Å². The minimum absolute atomic E-state index is 0.0640. The summed E-state index contributed by atoms with van der Waals surface area (Å²) >= 11 is 9.63. The standard InChI is InChI=1S/C20H20ClN3O.CH4S/c1-23-18-12-15(21)7-4-14(18)11-19(23)20(25)24-10-2-3-17(24)13-5-8-16(22)9-6-13;1-2/h4-9,11-12,17H,2-3,10,22H2,1H3;2H,1H3. The number of hydrogen-bond acceptors (Lipinski definition) is 3. The van der Waals surface area contributed by atoms with Gasteiger partial charge in [-0.1, -0.05) is 29.8 Å². The number of hydrogen-bond donors (Lipinski definition) is 2. The molecule has 1 saturated heterocycles. The maximum atomic E-state index is 13.2. The van der Waals surface area contributed by atoms with Crippen LogP contribution in [0.2, 0.25) is 5.02 Å². The van der Waals surface area contributed by atoms with Crippen molar-refractivity contribution >= 4 is 46.7 Å². The van der Waals surface area contributed by atoms with E-state index in [9.17, 15) is 4.79 Å². The summed E-state index contributed by atoms with van der Waals surface area (Å²) in [6, 6.07) is 15.6. The molecule has 0 spiro atoms. The number of nitrogen functional groups attached to an aromatic ring is 1. The molecule has 1 fully saturated rings. The molecule has 142 valence electrons. The summed E-state index contributed by atoms with van der Waals surface area (Å²) in [7, 11) is 1.92. The number of rotatable bonds is 2. The Morgan fingerprint density at radius 3 is 2.56 bits per heavy atom. The van der Waals surface area contributed by atoms with Crippen molar-refractivity contribution in [2.45, 2.75) is 18.9 Å². The molecule has 1 aliphatic rings. The Hall–Kier alpha value is -2.11. The van der Waals surface area contributed by atoms with E-state index in [1.807, 2.05) is 65.0 Å². The number of carbonyl (C=O) groups excluding carboxylic acids is 1. The van der Waals surface area contributed by atoms with Crippen molar-refractivity contribution in [3.05, 3.63) is 64.8 Å². The van der Waals surface area contributed by atoms with Crippen LogP contribution in [0.5, 0.6) is 0 Å². The van der Waals surface area contributed by atoms with Crippen LogP contribution in [0.3, 0.4) is 0 Å². The molecule has 0 aliphatic carbocycles. The Kier molecular flexibility index (Phi) is 6.02. The maximum absolute atomic E-state index is 13.2. The Bertz CT molecular complexity index is 952. The van der Waals surface area contributed by atoms with Crippen LogP contribution in [-0.4, -0.2) is 28.2 Å². The number of aryl methyl sites for hydroxylation is 1. The van der Waals surface area contributed by atoms with Gasteiger partial charge in [-0.05, 0) is 55.0 Å². The zero-order valence-electron chi connectivity index (χ0n) is 15.5. The first-order valence-electron chi connectivity index (χ1n) is 8.91. The number of amides is 1. The SMILES string of the molecule is CS.Cn1c(C(=O)N2CCCC2c2ccc(N)cc2)cc2ccc(Cl)cc21. The van der Waals surface area contributed by atoms with Crippen molar-refractivity contribution in [1.82, 2.24) is 9.47 Å². The van der Waals surface area contributed by atoms with Crippen LogP contribution in [0.4, 0.5) is 5.69 Å². The van der Waals surface area contributed by atoms with Gasteiger partial charge in [0.25, 0.3) is 5.91 Å². The third kappa shape index (κ3) is 3.80. The van der Waals surface area contributed by atoms with E-state index < -0.39 is 0 Å². The predicted octanol–water partition coefficient (Wildman–Crippen LogP) is 4.94. The summed E-state index contributed by atoms with van der Waals surface area (Å²) in [6.07, 6.45) is 3.68. The molecule has 2 N–H and O–H groups in total. The largest absolute Gasteiger partial charge is 0.399 e.